The van der Waals surface area contributed by atoms with Crippen LogP contribution in [0.15, 0.2) is 11.6 Å². The fourth-order valence-corrected chi connectivity index (χ4v) is 12.5. The van der Waals surface area contributed by atoms with Crippen molar-refractivity contribution in [1.82, 2.24) is 5.06 Å². The summed E-state index contributed by atoms with van der Waals surface area (Å²) in [6, 6.07) is -0.233. The van der Waals surface area contributed by atoms with Gasteiger partial charge in [-0.3, -0.25) is 14.4 Å². The van der Waals surface area contributed by atoms with Crippen molar-refractivity contribution in [2.75, 3.05) is 13.7 Å². The smallest absolute Gasteiger partial charge is 0.309 e. The lowest BCUT2D eigenvalue weighted by Gasteiger charge is -2.71. The van der Waals surface area contributed by atoms with E-state index in [2.05, 4.69) is 41.5 Å². The number of hydroxylamine groups is 2. The van der Waals surface area contributed by atoms with Gasteiger partial charge >= 0.3 is 5.97 Å². The lowest BCUT2D eigenvalue weighted by atomic mass is 9.33. The average Bonchev–Trinajstić information content (AvgIpc) is 3.00. The lowest BCUT2D eigenvalue weighted by molar-refractivity contribution is -0.356. The van der Waals surface area contributed by atoms with E-state index in [4.69, 9.17) is 9.57 Å². The number of carbonyl (C=O) groups is 2. The van der Waals surface area contributed by atoms with Gasteiger partial charge in [-0.1, -0.05) is 47.1 Å². The SMILES string of the molecule is CON([C@@H]1O[C@H](CO)[C@@H](O)[C@H](O)[C@H]1O)[C@H]1CC[C@]2(C)[C@H]3C(=O)C=C4[C@@H]5C[C@@](C)(C(=O)O)CC[C@]5(C)CC[C@@]4(C)[C@]3(C)CC[C@H]2C1(C)C. The zero-order chi connectivity index (χ0) is 34.7. The van der Waals surface area contributed by atoms with Crippen LogP contribution in [0.25, 0.3) is 0 Å². The minimum Gasteiger partial charge on any atom is -0.481 e. The Labute approximate surface area is 279 Å². The minimum absolute atomic E-state index is 0.00104. The fourth-order valence-electron chi connectivity index (χ4n) is 12.5. The largest absolute Gasteiger partial charge is 0.481 e. The molecule has 1 saturated heterocycles. The second-order valence-electron chi connectivity index (χ2n) is 18.2. The van der Waals surface area contributed by atoms with Gasteiger partial charge in [-0.25, -0.2) is 0 Å². The first kappa shape index (κ1) is 35.4. The minimum atomic E-state index is -1.51. The predicted molar refractivity (Wildman–Crippen MR) is 173 cm³/mol. The van der Waals surface area contributed by atoms with E-state index in [0.29, 0.717) is 19.3 Å². The number of aliphatic carboxylic acids is 1. The van der Waals surface area contributed by atoms with E-state index in [0.717, 1.165) is 38.5 Å². The molecule has 1 aliphatic heterocycles. The van der Waals surface area contributed by atoms with Crippen LogP contribution in [-0.4, -0.2) is 92.8 Å². The summed E-state index contributed by atoms with van der Waals surface area (Å²) in [6.07, 6.45) is 2.77. The van der Waals surface area contributed by atoms with Crippen molar-refractivity contribution < 1.29 is 44.7 Å². The summed E-state index contributed by atoms with van der Waals surface area (Å²) in [5.41, 5.74) is -0.789. The Morgan fingerprint density at radius 2 is 1.60 bits per heavy atom. The zero-order valence-electron chi connectivity index (χ0n) is 29.7. The number of allylic oxidation sites excluding steroid dienone is 2. The highest BCUT2D eigenvalue weighted by molar-refractivity contribution is 5.95. The summed E-state index contributed by atoms with van der Waals surface area (Å²) in [6.45, 7) is 15.1. The Kier molecular flexibility index (Phi) is 8.52. The van der Waals surface area contributed by atoms with Crippen LogP contribution >= 0.6 is 0 Å². The molecule has 0 amide bonds. The standard InChI is InChI=1S/C37H59NO9/c1-32(2)24-9-12-37(7)29(22(40)17-20-21-18-34(4,31(44)45)14-13-33(21,3)15-16-36(20,37)6)35(24,5)11-10-25(32)38(46-8)30-28(43)27(42)26(41)23(19-39)47-30/h17,21,23-30,39,41-43H,9-16,18-19H2,1-8H3,(H,44,45)/t21-,23+,24-,25-,26+,27-,28+,29+,30+,33+,34-,35-,36+,37+/m0/s1. The maximum absolute atomic E-state index is 14.7. The highest BCUT2D eigenvalue weighted by Gasteiger charge is 2.71. The maximum atomic E-state index is 14.7. The molecule has 5 fully saturated rings. The Balaban J connectivity index is 1.35. The van der Waals surface area contributed by atoms with Crippen LogP contribution in [0, 0.1) is 50.2 Å². The molecule has 0 aromatic rings. The summed E-state index contributed by atoms with van der Waals surface area (Å²) in [7, 11) is 1.51. The van der Waals surface area contributed by atoms with Crippen molar-refractivity contribution in [3.63, 3.8) is 0 Å². The van der Waals surface area contributed by atoms with Gasteiger partial charge in [-0.15, -0.1) is 0 Å². The van der Waals surface area contributed by atoms with Gasteiger partial charge < -0.3 is 30.3 Å². The number of rotatable bonds is 5. The highest BCUT2D eigenvalue weighted by atomic mass is 16.7. The van der Waals surface area contributed by atoms with Crippen LogP contribution < -0.4 is 0 Å². The van der Waals surface area contributed by atoms with Crippen LogP contribution in [0.4, 0.5) is 0 Å². The van der Waals surface area contributed by atoms with Gasteiger partial charge in [0.2, 0.25) is 0 Å². The molecule has 6 rings (SSSR count). The number of fused-ring (bicyclic) bond motifs is 7. The second-order valence-corrected chi connectivity index (χ2v) is 18.2. The summed E-state index contributed by atoms with van der Waals surface area (Å²) in [5, 5.41) is 53.6. The molecule has 266 valence electrons. The van der Waals surface area contributed by atoms with Crippen LogP contribution in [0.3, 0.4) is 0 Å². The molecular weight excluding hydrogens is 602 g/mol. The third-order valence-corrected chi connectivity index (χ3v) is 15.7. The molecule has 0 aromatic heterocycles. The number of ether oxygens (including phenoxy) is 1. The van der Waals surface area contributed by atoms with Crippen molar-refractivity contribution in [3.8, 4) is 0 Å². The molecule has 5 N–H and O–H groups in total. The quantitative estimate of drug-likeness (QED) is 0.272. The Morgan fingerprint density at radius 1 is 0.936 bits per heavy atom. The molecule has 0 spiro atoms. The van der Waals surface area contributed by atoms with Crippen LogP contribution in [0.5, 0.6) is 0 Å². The van der Waals surface area contributed by atoms with Gasteiger partial charge in [-0.2, -0.15) is 5.06 Å². The Morgan fingerprint density at radius 3 is 2.21 bits per heavy atom. The summed E-state index contributed by atoms with van der Waals surface area (Å²) in [5.74, 6) is -0.532. The number of aliphatic hydroxyl groups is 4. The molecule has 6 aliphatic rings. The van der Waals surface area contributed by atoms with Crippen LogP contribution in [-0.2, 0) is 19.2 Å². The van der Waals surface area contributed by atoms with E-state index >= 15 is 0 Å². The van der Waals surface area contributed by atoms with Gasteiger partial charge in [0.15, 0.2) is 12.0 Å². The van der Waals surface area contributed by atoms with Gasteiger partial charge in [-0.05, 0) is 110 Å². The molecule has 4 saturated carbocycles. The zero-order valence-corrected chi connectivity index (χ0v) is 29.7. The van der Waals surface area contributed by atoms with Gasteiger partial charge in [0.1, 0.15) is 24.4 Å². The molecule has 0 unspecified atom stereocenters. The number of nitrogens with zero attached hydrogens (tertiary/aromatic N) is 1. The number of ketones is 1. The number of aliphatic hydroxyl groups excluding tert-OH is 4. The molecule has 5 aliphatic carbocycles. The first-order valence-corrected chi connectivity index (χ1v) is 17.9. The van der Waals surface area contributed by atoms with Crippen molar-refractivity contribution in [1.29, 1.82) is 0 Å². The Bertz CT molecular complexity index is 1320. The van der Waals surface area contributed by atoms with Gasteiger partial charge in [0, 0.05) is 12.0 Å². The molecule has 0 bridgehead atoms. The second kappa shape index (κ2) is 11.3. The van der Waals surface area contributed by atoms with E-state index in [9.17, 15) is 35.1 Å². The van der Waals surface area contributed by atoms with Gasteiger partial charge in [0.05, 0.1) is 19.1 Å². The third-order valence-electron chi connectivity index (χ3n) is 15.7. The number of hydrogen-bond acceptors (Lipinski definition) is 9. The summed E-state index contributed by atoms with van der Waals surface area (Å²) < 4.78 is 5.96. The predicted octanol–water partition coefficient (Wildman–Crippen LogP) is 4.08. The van der Waals surface area contributed by atoms with E-state index < -0.39 is 54.0 Å². The molecular formula is C37H59NO9. The molecule has 10 nitrogen and oxygen atoms in total. The Hall–Kier alpha value is -1.40. The molecule has 0 aromatic carbocycles. The van der Waals surface area contributed by atoms with Crippen LogP contribution in [0.2, 0.25) is 0 Å². The van der Waals surface area contributed by atoms with E-state index in [1.54, 1.807) is 5.06 Å². The van der Waals surface area contributed by atoms with Gasteiger partial charge in [0.25, 0.3) is 0 Å². The maximum Gasteiger partial charge on any atom is 0.309 e. The monoisotopic (exact) mass is 661 g/mol. The number of carboxylic acids is 1. The third kappa shape index (κ3) is 4.75. The lowest BCUT2D eigenvalue weighted by Crippen LogP contribution is -2.70. The highest BCUT2D eigenvalue weighted by Crippen LogP contribution is 2.75. The summed E-state index contributed by atoms with van der Waals surface area (Å²) in [4.78, 5) is 33.1. The first-order chi connectivity index (χ1) is 21.8. The van der Waals surface area contributed by atoms with E-state index in [-0.39, 0.29) is 51.2 Å². The average molecular weight is 662 g/mol. The van der Waals surface area contributed by atoms with E-state index in [1.165, 1.54) is 12.7 Å². The molecule has 1 heterocycles. The summed E-state index contributed by atoms with van der Waals surface area (Å²) >= 11 is 0. The van der Waals surface area contributed by atoms with Crippen molar-refractivity contribution >= 4 is 11.8 Å². The molecule has 47 heavy (non-hydrogen) atoms. The molecule has 10 heteroatoms. The van der Waals surface area contributed by atoms with E-state index in [1.807, 2.05) is 13.0 Å². The normalized spacial score (nSPS) is 52.5. The number of carbonyl (C=O) groups excluding carboxylic acids is 1. The first-order valence-electron chi connectivity index (χ1n) is 17.9. The fraction of sp³-hybridized carbons (Fsp3) is 0.892. The van der Waals surface area contributed by atoms with Crippen molar-refractivity contribution in [2.24, 2.45) is 50.2 Å². The topological polar surface area (TPSA) is 157 Å². The molecule has 0 radical (unpaired) electrons. The number of carboxylic acid groups (broad SMARTS) is 1. The molecule has 14 atom stereocenters. The van der Waals surface area contributed by atoms with Crippen LogP contribution in [0.1, 0.15) is 106 Å². The number of hydrogen-bond donors (Lipinski definition) is 5. The van der Waals surface area contributed by atoms with Crippen molar-refractivity contribution in [3.05, 3.63) is 11.6 Å². The van der Waals surface area contributed by atoms with Crippen molar-refractivity contribution in [2.45, 2.75) is 143 Å².